The van der Waals surface area contributed by atoms with Gasteiger partial charge in [-0.2, -0.15) is 0 Å². The number of amides is 1. The molecule has 0 aromatic carbocycles. The summed E-state index contributed by atoms with van der Waals surface area (Å²) in [6.45, 7) is 0. The minimum atomic E-state index is -0.00551. The third-order valence-electron chi connectivity index (χ3n) is 5.70. The smallest absolute Gasteiger partial charge is 0.270 e. The second-order valence-electron chi connectivity index (χ2n) is 7.33. The van der Waals surface area contributed by atoms with E-state index in [0.717, 1.165) is 23.4 Å². The number of carbonyl (C=O) groups excluding carboxylic acids is 1. The maximum atomic E-state index is 12.6. The van der Waals surface area contributed by atoms with E-state index >= 15 is 0 Å². The number of nitrogens with zero attached hydrogens (tertiary/aromatic N) is 1. The van der Waals surface area contributed by atoms with Gasteiger partial charge in [0, 0.05) is 24.5 Å². The lowest BCUT2D eigenvalue weighted by Gasteiger charge is -2.56. The maximum absolute atomic E-state index is 12.6. The summed E-state index contributed by atoms with van der Waals surface area (Å²) in [4.78, 5) is 16.8. The Morgan fingerprint density at radius 1 is 1.19 bits per heavy atom. The third-order valence-corrected chi connectivity index (χ3v) is 5.70. The standard InChI is InChI=1S/C17H23N3O/c1-18-14-2-3-19-15(7-14)16(21)20-17-8-11-4-12(9-17)6-13(5-11)10-17/h2-3,7,11-13H,4-6,8-10H2,1H3,(H,18,19)(H,20,21). The van der Waals surface area contributed by atoms with Crippen LogP contribution in [0.2, 0.25) is 0 Å². The van der Waals surface area contributed by atoms with Gasteiger partial charge >= 0.3 is 0 Å². The molecule has 5 rings (SSSR count). The molecule has 0 saturated heterocycles. The molecule has 1 heterocycles. The van der Waals surface area contributed by atoms with Crippen LogP contribution in [-0.2, 0) is 0 Å². The lowest BCUT2D eigenvalue weighted by molar-refractivity contribution is -0.0167. The molecule has 0 spiro atoms. The summed E-state index contributed by atoms with van der Waals surface area (Å²) in [6, 6.07) is 3.71. The van der Waals surface area contributed by atoms with Crippen LogP contribution in [0.4, 0.5) is 5.69 Å². The molecule has 2 N–H and O–H groups in total. The van der Waals surface area contributed by atoms with E-state index in [0.29, 0.717) is 5.69 Å². The second-order valence-corrected chi connectivity index (χ2v) is 7.33. The predicted octanol–water partition coefficient (Wildman–Crippen LogP) is 2.82. The lowest BCUT2D eigenvalue weighted by atomic mass is 9.53. The monoisotopic (exact) mass is 285 g/mol. The Hall–Kier alpha value is -1.58. The average Bonchev–Trinajstić information content (AvgIpc) is 2.45. The van der Waals surface area contributed by atoms with E-state index in [1.807, 2.05) is 19.2 Å². The summed E-state index contributed by atoms with van der Waals surface area (Å²) >= 11 is 0. The van der Waals surface area contributed by atoms with E-state index in [1.165, 1.54) is 38.5 Å². The zero-order valence-electron chi connectivity index (χ0n) is 12.6. The Balaban J connectivity index is 1.54. The van der Waals surface area contributed by atoms with Crippen molar-refractivity contribution in [2.24, 2.45) is 17.8 Å². The van der Waals surface area contributed by atoms with Gasteiger partial charge in [-0.1, -0.05) is 0 Å². The van der Waals surface area contributed by atoms with Crippen molar-refractivity contribution < 1.29 is 4.79 Å². The van der Waals surface area contributed by atoms with E-state index in [9.17, 15) is 4.79 Å². The minimum Gasteiger partial charge on any atom is -0.388 e. The van der Waals surface area contributed by atoms with Crippen molar-refractivity contribution in [2.45, 2.75) is 44.1 Å². The molecule has 0 atom stereocenters. The van der Waals surface area contributed by atoms with Crippen LogP contribution in [0.15, 0.2) is 18.3 Å². The van der Waals surface area contributed by atoms with Gasteiger partial charge in [-0.3, -0.25) is 9.78 Å². The summed E-state index contributed by atoms with van der Waals surface area (Å²) in [7, 11) is 1.86. The van der Waals surface area contributed by atoms with Crippen LogP contribution >= 0.6 is 0 Å². The number of nitrogens with one attached hydrogen (secondary N) is 2. The summed E-state index contributed by atoms with van der Waals surface area (Å²) < 4.78 is 0. The number of hydrogen-bond donors (Lipinski definition) is 2. The third kappa shape index (κ3) is 2.30. The van der Waals surface area contributed by atoms with Gasteiger partial charge in [0.25, 0.3) is 5.91 Å². The number of carbonyl (C=O) groups is 1. The van der Waals surface area contributed by atoms with Crippen LogP contribution in [0.3, 0.4) is 0 Å². The molecule has 1 aromatic heterocycles. The zero-order chi connectivity index (χ0) is 14.4. The highest BCUT2D eigenvalue weighted by Gasteiger charge is 2.51. The fourth-order valence-electron chi connectivity index (χ4n) is 5.28. The van der Waals surface area contributed by atoms with Crippen LogP contribution in [-0.4, -0.2) is 23.5 Å². The molecule has 4 bridgehead atoms. The molecule has 0 unspecified atom stereocenters. The van der Waals surface area contributed by atoms with Crippen LogP contribution in [0, 0.1) is 17.8 Å². The van der Waals surface area contributed by atoms with Gasteiger partial charge in [0.2, 0.25) is 0 Å². The predicted molar refractivity (Wildman–Crippen MR) is 82.2 cm³/mol. The highest BCUT2D eigenvalue weighted by Crippen LogP contribution is 2.55. The number of hydrogen-bond acceptors (Lipinski definition) is 3. The molecule has 0 radical (unpaired) electrons. The Kier molecular flexibility index (Phi) is 2.95. The first kappa shape index (κ1) is 13.1. The van der Waals surface area contributed by atoms with E-state index in [4.69, 9.17) is 0 Å². The molecular formula is C17H23N3O. The van der Waals surface area contributed by atoms with Crippen LogP contribution in [0.1, 0.15) is 49.0 Å². The van der Waals surface area contributed by atoms with Gasteiger partial charge in [0.1, 0.15) is 5.69 Å². The Labute approximate surface area is 125 Å². The molecular weight excluding hydrogens is 262 g/mol. The fraction of sp³-hybridized carbons (Fsp3) is 0.647. The molecule has 4 aliphatic rings. The normalized spacial score (nSPS) is 36.5. The number of rotatable bonds is 3. The van der Waals surface area contributed by atoms with Gasteiger partial charge in [-0.25, -0.2) is 0 Å². The topological polar surface area (TPSA) is 54.0 Å². The fourth-order valence-corrected chi connectivity index (χ4v) is 5.28. The van der Waals surface area contributed by atoms with Crippen LogP contribution in [0.5, 0.6) is 0 Å². The summed E-state index contributed by atoms with van der Waals surface area (Å²) in [6.07, 6.45) is 9.40. The Morgan fingerprint density at radius 2 is 1.81 bits per heavy atom. The Morgan fingerprint density at radius 3 is 2.38 bits per heavy atom. The first-order valence-corrected chi connectivity index (χ1v) is 8.12. The van der Waals surface area contributed by atoms with Crippen molar-refractivity contribution in [3.63, 3.8) is 0 Å². The van der Waals surface area contributed by atoms with Gasteiger partial charge < -0.3 is 10.6 Å². The molecule has 4 saturated carbocycles. The first-order valence-electron chi connectivity index (χ1n) is 8.12. The molecule has 4 fully saturated rings. The highest BCUT2D eigenvalue weighted by atomic mass is 16.2. The first-order chi connectivity index (χ1) is 10.2. The molecule has 0 aliphatic heterocycles. The van der Waals surface area contributed by atoms with Crippen molar-refractivity contribution in [2.75, 3.05) is 12.4 Å². The highest BCUT2D eigenvalue weighted by molar-refractivity contribution is 5.93. The number of pyridine rings is 1. The number of aromatic nitrogens is 1. The maximum Gasteiger partial charge on any atom is 0.270 e. The molecule has 4 heteroatoms. The molecule has 4 aliphatic carbocycles. The summed E-state index contributed by atoms with van der Waals surface area (Å²) in [5.41, 5.74) is 1.52. The molecule has 1 aromatic rings. The van der Waals surface area contributed by atoms with Crippen LogP contribution in [0.25, 0.3) is 0 Å². The molecule has 112 valence electrons. The second kappa shape index (κ2) is 4.72. The van der Waals surface area contributed by atoms with E-state index in [-0.39, 0.29) is 11.4 Å². The van der Waals surface area contributed by atoms with Crippen LogP contribution < -0.4 is 10.6 Å². The molecule has 1 amide bonds. The summed E-state index contributed by atoms with van der Waals surface area (Å²) in [5.74, 6) is 2.52. The SMILES string of the molecule is CNc1ccnc(C(=O)NC23CC4CC(CC(C4)C2)C3)c1. The van der Waals surface area contributed by atoms with Crippen molar-refractivity contribution >= 4 is 11.6 Å². The average molecular weight is 285 g/mol. The largest absolute Gasteiger partial charge is 0.388 e. The molecule has 4 nitrogen and oxygen atoms in total. The lowest BCUT2D eigenvalue weighted by Crippen LogP contribution is -2.59. The van der Waals surface area contributed by atoms with Gasteiger partial charge in [0.15, 0.2) is 0 Å². The van der Waals surface area contributed by atoms with E-state index in [2.05, 4.69) is 15.6 Å². The van der Waals surface area contributed by atoms with Gasteiger partial charge in [-0.05, 0) is 68.4 Å². The van der Waals surface area contributed by atoms with Crippen molar-refractivity contribution in [3.05, 3.63) is 24.0 Å². The van der Waals surface area contributed by atoms with Gasteiger partial charge in [0.05, 0.1) is 0 Å². The summed E-state index contributed by atoms with van der Waals surface area (Å²) in [5, 5.41) is 6.42. The van der Waals surface area contributed by atoms with E-state index in [1.54, 1.807) is 6.20 Å². The van der Waals surface area contributed by atoms with E-state index < -0.39 is 0 Å². The van der Waals surface area contributed by atoms with Crippen molar-refractivity contribution in [3.8, 4) is 0 Å². The zero-order valence-corrected chi connectivity index (χ0v) is 12.6. The number of anilines is 1. The molecule has 21 heavy (non-hydrogen) atoms. The van der Waals surface area contributed by atoms with Crippen molar-refractivity contribution in [1.29, 1.82) is 0 Å². The van der Waals surface area contributed by atoms with Gasteiger partial charge in [-0.15, -0.1) is 0 Å². The minimum absolute atomic E-state index is 0.00551. The quantitative estimate of drug-likeness (QED) is 0.898. The van der Waals surface area contributed by atoms with Crippen molar-refractivity contribution in [1.82, 2.24) is 10.3 Å². The Bertz CT molecular complexity index is 534.